The van der Waals surface area contributed by atoms with Gasteiger partial charge in [0.1, 0.15) is 0 Å². The minimum atomic E-state index is -0.212. The van der Waals surface area contributed by atoms with Crippen molar-refractivity contribution in [1.82, 2.24) is 20.1 Å². The lowest BCUT2D eigenvalue weighted by Gasteiger charge is -2.08. The van der Waals surface area contributed by atoms with Crippen LogP contribution in [-0.4, -0.2) is 32.3 Å². The van der Waals surface area contributed by atoms with Crippen molar-refractivity contribution in [3.8, 4) is 0 Å². The lowest BCUT2D eigenvalue weighted by molar-refractivity contribution is -0.113. The summed E-state index contributed by atoms with van der Waals surface area (Å²) in [7, 11) is 1.79. The lowest BCUT2D eigenvalue weighted by Crippen LogP contribution is -2.24. The van der Waals surface area contributed by atoms with Crippen LogP contribution in [0.15, 0.2) is 52.1 Å². The zero-order valence-electron chi connectivity index (χ0n) is 16.3. The van der Waals surface area contributed by atoms with Gasteiger partial charge in [-0.3, -0.25) is 9.59 Å². The molecule has 10 heteroatoms. The van der Waals surface area contributed by atoms with Crippen molar-refractivity contribution in [3.05, 3.63) is 68.9 Å². The van der Waals surface area contributed by atoms with E-state index in [1.807, 2.05) is 25.1 Å². The third kappa shape index (κ3) is 5.62. The van der Waals surface area contributed by atoms with Gasteiger partial charge in [0.05, 0.1) is 17.9 Å². The smallest absolute Gasteiger partial charge is 0.252 e. The van der Waals surface area contributed by atoms with Crippen molar-refractivity contribution < 1.29 is 9.59 Å². The fourth-order valence-electron chi connectivity index (χ4n) is 2.52. The molecule has 0 bridgehead atoms. The molecule has 1 heterocycles. The number of rotatable bonds is 7. The first-order chi connectivity index (χ1) is 14.3. The topological polar surface area (TPSA) is 88.9 Å². The summed E-state index contributed by atoms with van der Waals surface area (Å²) in [6.07, 6.45) is 0. The zero-order valence-corrected chi connectivity index (χ0v) is 19.4. The van der Waals surface area contributed by atoms with Crippen LogP contribution in [0, 0.1) is 6.92 Å². The van der Waals surface area contributed by atoms with E-state index in [-0.39, 0.29) is 24.1 Å². The van der Waals surface area contributed by atoms with E-state index < -0.39 is 0 Å². The van der Waals surface area contributed by atoms with Crippen molar-refractivity contribution in [2.75, 3.05) is 11.1 Å². The summed E-state index contributed by atoms with van der Waals surface area (Å²) in [5, 5.41) is 15.0. The van der Waals surface area contributed by atoms with E-state index in [4.69, 9.17) is 11.6 Å². The van der Waals surface area contributed by atoms with Crippen molar-refractivity contribution in [1.29, 1.82) is 0 Å². The number of anilines is 1. The number of halogens is 2. The van der Waals surface area contributed by atoms with Crippen LogP contribution in [0.4, 0.5) is 5.69 Å². The molecule has 0 aliphatic carbocycles. The fourth-order valence-corrected chi connectivity index (χ4v) is 3.90. The third-order valence-electron chi connectivity index (χ3n) is 4.24. The molecule has 2 amide bonds. The van der Waals surface area contributed by atoms with Gasteiger partial charge in [-0.25, -0.2) is 0 Å². The Balaban J connectivity index is 1.53. The maximum absolute atomic E-state index is 12.3. The molecule has 156 valence electrons. The zero-order chi connectivity index (χ0) is 21.7. The third-order valence-corrected chi connectivity index (χ3v) is 6.36. The van der Waals surface area contributed by atoms with Crippen LogP contribution in [0.25, 0.3) is 0 Å². The Bertz CT molecular complexity index is 1090. The number of carbonyl (C=O) groups is 2. The second-order valence-electron chi connectivity index (χ2n) is 6.42. The van der Waals surface area contributed by atoms with E-state index in [1.165, 1.54) is 11.8 Å². The molecule has 30 heavy (non-hydrogen) atoms. The summed E-state index contributed by atoms with van der Waals surface area (Å²) in [6, 6.07) is 12.6. The van der Waals surface area contributed by atoms with Crippen LogP contribution < -0.4 is 10.6 Å². The van der Waals surface area contributed by atoms with Crippen LogP contribution >= 0.6 is 39.3 Å². The number of hydrogen-bond acceptors (Lipinski definition) is 5. The summed E-state index contributed by atoms with van der Waals surface area (Å²) >= 11 is 10.7. The van der Waals surface area contributed by atoms with E-state index in [2.05, 4.69) is 36.8 Å². The lowest BCUT2D eigenvalue weighted by atomic mass is 10.2. The Morgan fingerprint density at radius 1 is 1.20 bits per heavy atom. The molecule has 0 atom stereocenters. The SMILES string of the molecule is Cc1ccc(NC(=O)CSc2nnc(CNC(=O)c3ccccc3Br)n2C)cc1Cl. The molecule has 2 N–H and O–H groups in total. The molecule has 7 nitrogen and oxygen atoms in total. The first-order valence-electron chi connectivity index (χ1n) is 8.95. The highest BCUT2D eigenvalue weighted by atomic mass is 79.9. The summed E-state index contributed by atoms with van der Waals surface area (Å²) in [4.78, 5) is 24.5. The van der Waals surface area contributed by atoms with Gasteiger partial charge >= 0.3 is 0 Å². The molecule has 0 radical (unpaired) electrons. The predicted octanol–water partition coefficient (Wildman–Crippen LogP) is 4.20. The van der Waals surface area contributed by atoms with Gasteiger partial charge in [-0.2, -0.15) is 0 Å². The van der Waals surface area contributed by atoms with Crippen LogP contribution in [0.3, 0.4) is 0 Å². The van der Waals surface area contributed by atoms with Crippen LogP contribution in [-0.2, 0) is 18.4 Å². The predicted molar refractivity (Wildman–Crippen MR) is 122 cm³/mol. The highest BCUT2D eigenvalue weighted by Gasteiger charge is 2.14. The highest BCUT2D eigenvalue weighted by molar-refractivity contribution is 9.10. The maximum Gasteiger partial charge on any atom is 0.252 e. The second-order valence-corrected chi connectivity index (χ2v) is 8.63. The van der Waals surface area contributed by atoms with Crippen molar-refractivity contribution in [2.24, 2.45) is 7.05 Å². The molecule has 1 aromatic heterocycles. The summed E-state index contributed by atoms with van der Waals surface area (Å²) in [6.45, 7) is 2.12. The van der Waals surface area contributed by atoms with Crippen molar-refractivity contribution >= 4 is 56.8 Å². The molecule has 2 aromatic carbocycles. The van der Waals surface area contributed by atoms with Gasteiger partial charge in [0, 0.05) is 22.2 Å². The summed E-state index contributed by atoms with van der Waals surface area (Å²) in [5.74, 6) is 0.368. The monoisotopic (exact) mass is 507 g/mol. The molecular formula is C20H19BrClN5O2S. The highest BCUT2D eigenvalue weighted by Crippen LogP contribution is 2.21. The molecule has 0 aliphatic heterocycles. The number of benzene rings is 2. The first-order valence-corrected chi connectivity index (χ1v) is 11.1. The number of hydrogen-bond donors (Lipinski definition) is 2. The number of carbonyl (C=O) groups excluding carboxylic acids is 2. The quantitative estimate of drug-likeness (QED) is 0.467. The summed E-state index contributed by atoms with van der Waals surface area (Å²) in [5.41, 5.74) is 2.13. The normalized spacial score (nSPS) is 10.7. The molecule has 0 saturated heterocycles. The number of thioether (sulfide) groups is 1. The Hall–Kier alpha value is -2.36. The number of nitrogens with zero attached hydrogens (tertiary/aromatic N) is 3. The van der Waals surface area contributed by atoms with Crippen LogP contribution in [0.2, 0.25) is 5.02 Å². The van der Waals surface area contributed by atoms with Gasteiger partial charge in [-0.15, -0.1) is 10.2 Å². The Morgan fingerprint density at radius 3 is 2.70 bits per heavy atom. The Labute approximate surface area is 191 Å². The molecule has 0 aliphatic rings. The maximum atomic E-state index is 12.3. The van der Waals surface area contributed by atoms with Gasteiger partial charge in [0.2, 0.25) is 5.91 Å². The largest absolute Gasteiger partial charge is 0.345 e. The number of aryl methyl sites for hydroxylation is 1. The van der Waals surface area contributed by atoms with Gasteiger partial charge in [-0.05, 0) is 52.7 Å². The number of nitrogens with one attached hydrogen (secondary N) is 2. The first kappa shape index (κ1) is 22.3. The fraction of sp³-hybridized carbons (Fsp3) is 0.200. The standard InChI is InChI=1S/C20H19BrClN5O2S/c1-12-7-8-13(9-16(12)22)24-18(28)11-30-20-26-25-17(27(20)2)10-23-19(29)14-5-3-4-6-15(14)21/h3-9H,10-11H2,1-2H3,(H,23,29)(H,24,28). The average molecular weight is 509 g/mol. The van der Waals surface area contributed by atoms with E-state index in [1.54, 1.807) is 35.9 Å². The molecule has 0 saturated carbocycles. The van der Waals surface area contributed by atoms with Gasteiger partial charge < -0.3 is 15.2 Å². The van der Waals surface area contributed by atoms with Gasteiger partial charge in [-0.1, -0.05) is 41.6 Å². The molecule has 0 fully saturated rings. The molecule has 0 unspecified atom stereocenters. The molecular weight excluding hydrogens is 490 g/mol. The van der Waals surface area contributed by atoms with Gasteiger partial charge in [0.15, 0.2) is 11.0 Å². The van der Waals surface area contributed by atoms with E-state index >= 15 is 0 Å². The Morgan fingerprint density at radius 2 is 1.97 bits per heavy atom. The minimum absolute atomic E-state index is 0.167. The number of aromatic nitrogens is 3. The van der Waals surface area contributed by atoms with E-state index in [9.17, 15) is 9.59 Å². The van der Waals surface area contributed by atoms with Gasteiger partial charge in [0.25, 0.3) is 5.91 Å². The average Bonchev–Trinajstić information content (AvgIpc) is 3.07. The van der Waals surface area contributed by atoms with Crippen LogP contribution in [0.5, 0.6) is 0 Å². The second kappa shape index (κ2) is 10.1. The Kier molecular flexibility index (Phi) is 7.52. The number of amides is 2. The summed E-state index contributed by atoms with van der Waals surface area (Å²) < 4.78 is 2.47. The van der Waals surface area contributed by atoms with E-state index in [0.717, 1.165) is 10.0 Å². The minimum Gasteiger partial charge on any atom is -0.345 e. The molecule has 3 aromatic rings. The van der Waals surface area contributed by atoms with Crippen molar-refractivity contribution in [2.45, 2.75) is 18.6 Å². The molecule has 3 rings (SSSR count). The van der Waals surface area contributed by atoms with Crippen molar-refractivity contribution in [3.63, 3.8) is 0 Å². The van der Waals surface area contributed by atoms with Crippen LogP contribution in [0.1, 0.15) is 21.7 Å². The van der Waals surface area contributed by atoms with E-state index in [0.29, 0.717) is 27.3 Å². The molecule has 0 spiro atoms.